The number of hydrogen-bond donors (Lipinski definition) is 4. The van der Waals surface area contributed by atoms with Crippen LogP contribution in [0.1, 0.15) is 42.8 Å². The lowest BCUT2D eigenvalue weighted by Crippen LogP contribution is -2.56. The first-order chi connectivity index (χ1) is 12.8. The summed E-state index contributed by atoms with van der Waals surface area (Å²) in [4.78, 5) is 0. The highest BCUT2D eigenvalue weighted by Gasteiger charge is 2.44. The fourth-order valence-electron chi connectivity index (χ4n) is 3.29. The molecule has 0 unspecified atom stereocenters. The van der Waals surface area contributed by atoms with Gasteiger partial charge in [0.1, 0.15) is 30.2 Å². The first kappa shape index (κ1) is 19.9. The van der Waals surface area contributed by atoms with Crippen LogP contribution in [0, 0.1) is 5.82 Å². The molecule has 0 aliphatic carbocycles. The zero-order valence-electron chi connectivity index (χ0n) is 15.2. The Labute approximate surface area is 156 Å². The highest BCUT2D eigenvalue weighted by molar-refractivity contribution is 5.28. The molecule has 1 aliphatic rings. The van der Waals surface area contributed by atoms with E-state index in [0.29, 0.717) is 6.42 Å². The number of benzene rings is 1. The van der Waals surface area contributed by atoms with Gasteiger partial charge in [0.15, 0.2) is 6.23 Å². The molecule has 0 radical (unpaired) electrons. The van der Waals surface area contributed by atoms with E-state index in [9.17, 15) is 24.8 Å². The standard InChI is InChI=1S/C19H25FN2O5/c1-10(2)13-8-22(19-18(26)17(25)16(24)15(9-23)27-19)21-14(13)7-11-3-5-12(20)6-4-11/h3-6,8,10,15-19,23-26H,7,9H2,1-2H3/t15-,16-,17+,18-,19-/m1/s1. The van der Waals surface area contributed by atoms with E-state index in [1.54, 1.807) is 18.3 Å². The lowest BCUT2D eigenvalue weighted by Gasteiger charge is -2.39. The molecular formula is C19H25FN2O5. The summed E-state index contributed by atoms with van der Waals surface area (Å²) in [5, 5.41) is 44.1. The van der Waals surface area contributed by atoms with Crippen molar-refractivity contribution in [3.8, 4) is 0 Å². The third-order valence-corrected chi connectivity index (χ3v) is 4.88. The highest BCUT2D eigenvalue weighted by atomic mass is 19.1. The van der Waals surface area contributed by atoms with Crippen molar-refractivity contribution in [3.63, 3.8) is 0 Å². The predicted molar refractivity (Wildman–Crippen MR) is 94.5 cm³/mol. The van der Waals surface area contributed by atoms with Gasteiger partial charge in [-0.3, -0.25) is 0 Å². The summed E-state index contributed by atoms with van der Waals surface area (Å²) < 4.78 is 20.1. The average Bonchev–Trinajstić information content (AvgIpc) is 3.06. The second-order valence-electron chi connectivity index (χ2n) is 7.19. The summed E-state index contributed by atoms with van der Waals surface area (Å²) in [6, 6.07) is 6.15. The van der Waals surface area contributed by atoms with E-state index in [4.69, 9.17) is 4.74 Å². The summed E-state index contributed by atoms with van der Waals surface area (Å²) in [6.45, 7) is 3.51. The fourth-order valence-corrected chi connectivity index (χ4v) is 3.29. The minimum absolute atomic E-state index is 0.138. The van der Waals surface area contributed by atoms with Crippen LogP contribution in [0.15, 0.2) is 30.5 Å². The van der Waals surface area contributed by atoms with Crippen LogP contribution >= 0.6 is 0 Å². The first-order valence-corrected chi connectivity index (χ1v) is 8.94. The normalized spacial score (nSPS) is 28.7. The maximum atomic E-state index is 13.1. The Bertz CT molecular complexity index is 762. The molecule has 0 bridgehead atoms. The van der Waals surface area contributed by atoms with Crippen molar-refractivity contribution >= 4 is 0 Å². The van der Waals surface area contributed by atoms with Crippen LogP contribution in [-0.4, -0.2) is 61.2 Å². The van der Waals surface area contributed by atoms with Crippen molar-refractivity contribution in [2.45, 2.75) is 56.8 Å². The molecule has 7 nitrogen and oxygen atoms in total. The molecule has 3 rings (SSSR count). The maximum Gasteiger partial charge on any atom is 0.179 e. The van der Waals surface area contributed by atoms with Crippen LogP contribution in [0.4, 0.5) is 4.39 Å². The fraction of sp³-hybridized carbons (Fsp3) is 0.526. The number of hydrogen-bond acceptors (Lipinski definition) is 6. The predicted octanol–water partition coefficient (Wildman–Crippen LogP) is 0.709. The molecule has 8 heteroatoms. The SMILES string of the molecule is CC(C)c1cn([C@@H]2O[C@H](CO)[C@@H](O)[C@H](O)[C@H]2O)nc1Cc1ccc(F)cc1. The largest absolute Gasteiger partial charge is 0.394 e. The van der Waals surface area contributed by atoms with E-state index < -0.39 is 37.3 Å². The van der Waals surface area contributed by atoms with Gasteiger partial charge in [-0.05, 0) is 29.2 Å². The monoisotopic (exact) mass is 380 g/mol. The summed E-state index contributed by atoms with van der Waals surface area (Å²) in [7, 11) is 0. The van der Waals surface area contributed by atoms with Gasteiger partial charge in [-0.15, -0.1) is 0 Å². The lowest BCUT2D eigenvalue weighted by molar-refractivity contribution is -0.253. The molecule has 1 aromatic carbocycles. The Hall–Kier alpha value is -1.84. The van der Waals surface area contributed by atoms with Crippen LogP contribution in [-0.2, 0) is 11.2 Å². The molecule has 148 valence electrons. The van der Waals surface area contributed by atoms with Crippen molar-refractivity contribution in [1.82, 2.24) is 9.78 Å². The molecule has 0 spiro atoms. The van der Waals surface area contributed by atoms with Gasteiger partial charge in [-0.2, -0.15) is 5.10 Å². The average molecular weight is 380 g/mol. The maximum absolute atomic E-state index is 13.1. The second kappa shape index (κ2) is 8.04. The summed E-state index contributed by atoms with van der Waals surface area (Å²) in [5.41, 5.74) is 2.56. The van der Waals surface area contributed by atoms with Gasteiger partial charge in [0.25, 0.3) is 0 Å². The van der Waals surface area contributed by atoms with Crippen LogP contribution in [0.3, 0.4) is 0 Å². The molecule has 2 heterocycles. The van der Waals surface area contributed by atoms with Crippen LogP contribution in [0.5, 0.6) is 0 Å². The van der Waals surface area contributed by atoms with Crippen molar-refractivity contribution in [2.75, 3.05) is 6.61 Å². The van der Waals surface area contributed by atoms with Gasteiger partial charge >= 0.3 is 0 Å². The first-order valence-electron chi connectivity index (χ1n) is 8.94. The minimum Gasteiger partial charge on any atom is -0.394 e. The molecule has 1 fully saturated rings. The molecule has 1 saturated heterocycles. The molecule has 0 amide bonds. The van der Waals surface area contributed by atoms with Crippen molar-refractivity contribution in [3.05, 3.63) is 53.1 Å². The van der Waals surface area contributed by atoms with E-state index in [1.807, 2.05) is 13.8 Å². The van der Waals surface area contributed by atoms with Gasteiger partial charge in [-0.1, -0.05) is 26.0 Å². The Morgan fingerprint density at radius 2 is 1.78 bits per heavy atom. The van der Waals surface area contributed by atoms with Gasteiger partial charge in [0, 0.05) is 12.6 Å². The molecular weight excluding hydrogens is 355 g/mol. The highest BCUT2D eigenvalue weighted by Crippen LogP contribution is 2.30. The number of aromatic nitrogens is 2. The molecule has 5 atom stereocenters. The molecule has 4 N–H and O–H groups in total. The van der Waals surface area contributed by atoms with Crippen molar-refractivity contribution in [2.24, 2.45) is 0 Å². The molecule has 1 aromatic heterocycles. The number of ether oxygens (including phenoxy) is 1. The van der Waals surface area contributed by atoms with Crippen LogP contribution < -0.4 is 0 Å². The van der Waals surface area contributed by atoms with Gasteiger partial charge in [0.2, 0.25) is 0 Å². The quantitative estimate of drug-likeness (QED) is 0.609. The Balaban J connectivity index is 1.91. The molecule has 27 heavy (non-hydrogen) atoms. The number of rotatable bonds is 5. The summed E-state index contributed by atoms with van der Waals surface area (Å²) in [6.07, 6.45) is -4.12. The minimum atomic E-state index is -1.46. The van der Waals surface area contributed by atoms with Crippen LogP contribution in [0.25, 0.3) is 0 Å². The topological polar surface area (TPSA) is 108 Å². The molecule has 0 saturated carbocycles. The molecule has 1 aliphatic heterocycles. The van der Waals surface area contributed by atoms with E-state index in [2.05, 4.69) is 5.10 Å². The van der Waals surface area contributed by atoms with Gasteiger partial charge < -0.3 is 25.2 Å². The Kier molecular flexibility index (Phi) is 5.92. The summed E-state index contributed by atoms with van der Waals surface area (Å²) in [5.74, 6) is -0.172. The third kappa shape index (κ3) is 4.04. The van der Waals surface area contributed by atoms with E-state index in [1.165, 1.54) is 16.8 Å². The Morgan fingerprint density at radius 1 is 1.11 bits per heavy atom. The second-order valence-corrected chi connectivity index (χ2v) is 7.19. The number of halogens is 1. The zero-order chi connectivity index (χ0) is 19.7. The van der Waals surface area contributed by atoms with E-state index in [0.717, 1.165) is 16.8 Å². The lowest BCUT2D eigenvalue weighted by atomic mass is 9.98. The summed E-state index contributed by atoms with van der Waals surface area (Å²) >= 11 is 0. The van der Waals surface area contributed by atoms with Crippen molar-refractivity contribution < 1.29 is 29.6 Å². The Morgan fingerprint density at radius 3 is 2.37 bits per heavy atom. The molecule has 2 aromatic rings. The van der Waals surface area contributed by atoms with Crippen molar-refractivity contribution in [1.29, 1.82) is 0 Å². The van der Waals surface area contributed by atoms with Crippen LogP contribution in [0.2, 0.25) is 0 Å². The smallest absolute Gasteiger partial charge is 0.179 e. The van der Waals surface area contributed by atoms with E-state index in [-0.39, 0.29) is 11.7 Å². The number of aliphatic hydroxyl groups is 4. The van der Waals surface area contributed by atoms with E-state index >= 15 is 0 Å². The third-order valence-electron chi connectivity index (χ3n) is 4.88. The van der Waals surface area contributed by atoms with Gasteiger partial charge in [-0.25, -0.2) is 9.07 Å². The van der Waals surface area contributed by atoms with Gasteiger partial charge in [0.05, 0.1) is 12.3 Å². The zero-order valence-corrected chi connectivity index (χ0v) is 15.2. The number of aliphatic hydroxyl groups excluding tert-OH is 4. The number of nitrogens with zero attached hydrogens (tertiary/aromatic N) is 2.